The molecule has 0 amide bonds. The first-order valence-electron chi connectivity index (χ1n) is 9.27. The Labute approximate surface area is 163 Å². The van der Waals surface area contributed by atoms with Crippen LogP contribution in [-0.4, -0.2) is 36.6 Å². The summed E-state index contributed by atoms with van der Waals surface area (Å²) in [6.45, 7) is 1.93. The highest BCUT2D eigenvalue weighted by atomic mass is 32.2. The molecular formula is C22H19FN2O2S. The van der Waals surface area contributed by atoms with Crippen LogP contribution in [0.25, 0.3) is 11.1 Å². The summed E-state index contributed by atoms with van der Waals surface area (Å²) >= 11 is 0. The Kier molecular flexibility index (Phi) is 4.07. The molecule has 2 aliphatic rings. The summed E-state index contributed by atoms with van der Waals surface area (Å²) in [5, 5.41) is -0.400. The van der Waals surface area contributed by atoms with E-state index < -0.39 is 15.1 Å². The van der Waals surface area contributed by atoms with Crippen LogP contribution in [0.5, 0.6) is 0 Å². The lowest BCUT2D eigenvalue weighted by Crippen LogP contribution is -2.25. The van der Waals surface area contributed by atoms with E-state index in [1.165, 1.54) is 12.1 Å². The Morgan fingerprint density at radius 3 is 2.57 bits per heavy atom. The molecule has 2 aromatic carbocycles. The smallest absolute Gasteiger partial charge is 0.183 e. The number of likely N-dealkylation sites (tertiary alicyclic amines) is 1. The van der Waals surface area contributed by atoms with Crippen LogP contribution in [0.2, 0.25) is 0 Å². The second-order valence-corrected chi connectivity index (χ2v) is 9.64. The topological polar surface area (TPSA) is 50.3 Å². The number of aromatic nitrogens is 1. The Bertz CT molecular complexity index is 1130. The van der Waals surface area contributed by atoms with Crippen LogP contribution >= 0.6 is 0 Å². The first kappa shape index (κ1) is 17.5. The van der Waals surface area contributed by atoms with E-state index in [0.717, 1.165) is 22.3 Å². The SMILES string of the molecule is O=S1(=O)c2ccc(-c3ccc(F)cc3)cc2[C@H]2CN(Cc3cccnc3)C[C@H]21. The summed E-state index contributed by atoms with van der Waals surface area (Å²) in [7, 11) is -3.33. The van der Waals surface area contributed by atoms with E-state index in [4.69, 9.17) is 0 Å². The number of hydrogen-bond donors (Lipinski definition) is 0. The summed E-state index contributed by atoms with van der Waals surface area (Å²) in [5.74, 6) is -0.313. The van der Waals surface area contributed by atoms with Crippen molar-refractivity contribution in [1.29, 1.82) is 0 Å². The molecule has 28 heavy (non-hydrogen) atoms. The molecule has 6 heteroatoms. The molecule has 2 aliphatic heterocycles. The highest BCUT2D eigenvalue weighted by Gasteiger charge is 2.50. The van der Waals surface area contributed by atoms with Crippen LogP contribution in [0.3, 0.4) is 0 Å². The zero-order valence-corrected chi connectivity index (χ0v) is 15.9. The van der Waals surface area contributed by atoms with Crippen LogP contribution in [0, 0.1) is 5.82 Å². The predicted octanol–water partition coefficient (Wildman–Crippen LogP) is 3.64. The zero-order chi connectivity index (χ0) is 19.3. The Balaban J connectivity index is 1.48. The second kappa shape index (κ2) is 6.50. The minimum absolute atomic E-state index is 0.0305. The Morgan fingerprint density at radius 2 is 1.82 bits per heavy atom. The molecule has 0 bridgehead atoms. The number of halogens is 1. The van der Waals surface area contributed by atoms with Crippen LogP contribution < -0.4 is 0 Å². The van der Waals surface area contributed by atoms with Gasteiger partial charge in [-0.15, -0.1) is 0 Å². The van der Waals surface area contributed by atoms with Crippen LogP contribution in [0.15, 0.2) is 71.9 Å². The minimum Gasteiger partial charge on any atom is -0.297 e. The number of fused-ring (bicyclic) bond motifs is 3. The largest absolute Gasteiger partial charge is 0.297 e. The van der Waals surface area contributed by atoms with Gasteiger partial charge in [-0.05, 0) is 52.6 Å². The number of sulfone groups is 1. The van der Waals surface area contributed by atoms with Crippen LogP contribution in [0.4, 0.5) is 4.39 Å². The van der Waals surface area contributed by atoms with Gasteiger partial charge in [0.15, 0.2) is 9.84 Å². The molecule has 3 aromatic rings. The molecule has 5 rings (SSSR count). The average molecular weight is 394 g/mol. The number of benzene rings is 2. The van der Waals surface area contributed by atoms with Crippen molar-refractivity contribution in [3.8, 4) is 11.1 Å². The maximum atomic E-state index is 13.2. The van der Waals surface area contributed by atoms with Gasteiger partial charge in [-0.1, -0.05) is 24.3 Å². The van der Waals surface area contributed by atoms with Crippen molar-refractivity contribution in [3.05, 3.63) is 83.9 Å². The average Bonchev–Trinajstić information content (AvgIpc) is 3.21. The molecule has 0 radical (unpaired) electrons. The van der Waals surface area contributed by atoms with Crippen molar-refractivity contribution >= 4 is 9.84 Å². The molecule has 0 unspecified atom stereocenters. The maximum Gasteiger partial charge on any atom is 0.183 e. The van der Waals surface area contributed by atoms with Crippen molar-refractivity contribution < 1.29 is 12.8 Å². The van der Waals surface area contributed by atoms with E-state index in [9.17, 15) is 12.8 Å². The molecular weight excluding hydrogens is 375 g/mol. The summed E-state index contributed by atoms with van der Waals surface area (Å²) in [4.78, 5) is 6.79. The second-order valence-electron chi connectivity index (χ2n) is 7.50. The molecule has 0 N–H and O–H groups in total. The van der Waals surface area contributed by atoms with Gasteiger partial charge in [0.2, 0.25) is 0 Å². The van der Waals surface area contributed by atoms with E-state index in [1.807, 2.05) is 30.5 Å². The number of nitrogens with zero attached hydrogens (tertiary/aromatic N) is 2. The number of pyridine rings is 1. The lowest BCUT2D eigenvalue weighted by molar-refractivity contribution is 0.325. The zero-order valence-electron chi connectivity index (χ0n) is 15.1. The fourth-order valence-electron chi connectivity index (χ4n) is 4.43. The predicted molar refractivity (Wildman–Crippen MR) is 105 cm³/mol. The summed E-state index contributed by atoms with van der Waals surface area (Å²) in [6.07, 6.45) is 3.56. The summed E-state index contributed by atoms with van der Waals surface area (Å²) in [5.41, 5.74) is 3.77. The van der Waals surface area contributed by atoms with Crippen molar-refractivity contribution in [2.75, 3.05) is 13.1 Å². The molecule has 142 valence electrons. The molecule has 0 aliphatic carbocycles. The van der Waals surface area contributed by atoms with Crippen molar-refractivity contribution in [3.63, 3.8) is 0 Å². The number of hydrogen-bond acceptors (Lipinski definition) is 4. The van der Waals surface area contributed by atoms with Gasteiger partial charge in [-0.2, -0.15) is 0 Å². The Hall–Kier alpha value is -2.57. The van der Waals surface area contributed by atoms with Gasteiger partial charge < -0.3 is 0 Å². The van der Waals surface area contributed by atoms with Gasteiger partial charge in [0.25, 0.3) is 0 Å². The van der Waals surface area contributed by atoms with Gasteiger partial charge in [0, 0.05) is 37.9 Å². The highest BCUT2D eigenvalue weighted by molar-refractivity contribution is 7.92. The van der Waals surface area contributed by atoms with Crippen LogP contribution in [0.1, 0.15) is 17.0 Å². The third kappa shape index (κ3) is 2.84. The van der Waals surface area contributed by atoms with E-state index >= 15 is 0 Å². The van der Waals surface area contributed by atoms with Gasteiger partial charge in [0.1, 0.15) is 5.82 Å². The Morgan fingerprint density at radius 1 is 1.04 bits per heavy atom. The molecule has 4 nitrogen and oxygen atoms in total. The maximum absolute atomic E-state index is 13.2. The van der Waals surface area contributed by atoms with Gasteiger partial charge >= 0.3 is 0 Å². The van der Waals surface area contributed by atoms with Gasteiger partial charge in [-0.3, -0.25) is 9.88 Å². The third-order valence-corrected chi connectivity index (χ3v) is 8.02. The number of rotatable bonds is 3. The van der Waals surface area contributed by atoms with Crippen LogP contribution in [-0.2, 0) is 16.4 Å². The van der Waals surface area contributed by atoms with E-state index in [-0.39, 0.29) is 11.7 Å². The normalized spacial score (nSPS) is 22.8. The van der Waals surface area contributed by atoms with Crippen molar-refractivity contribution in [1.82, 2.24) is 9.88 Å². The first-order valence-corrected chi connectivity index (χ1v) is 10.8. The summed E-state index contributed by atoms with van der Waals surface area (Å²) in [6, 6.07) is 15.7. The third-order valence-electron chi connectivity index (χ3n) is 5.76. The first-order chi connectivity index (χ1) is 13.5. The monoisotopic (exact) mass is 394 g/mol. The molecule has 1 saturated heterocycles. The molecule has 2 atom stereocenters. The standard InChI is InChI=1S/C22H19FN2O2S/c23-18-6-3-16(4-7-18)17-5-8-21-19(10-17)20-13-25(14-22(20)28(21,26)27)12-15-2-1-9-24-11-15/h1-11,20,22H,12-14H2/t20-,22-/m1/s1. The lowest BCUT2D eigenvalue weighted by Gasteiger charge is -2.17. The highest BCUT2D eigenvalue weighted by Crippen LogP contribution is 2.46. The fraction of sp³-hybridized carbons (Fsp3) is 0.227. The van der Waals surface area contributed by atoms with Gasteiger partial charge in [0.05, 0.1) is 10.1 Å². The molecule has 3 heterocycles. The van der Waals surface area contributed by atoms with E-state index in [1.54, 1.807) is 24.4 Å². The van der Waals surface area contributed by atoms with Crippen molar-refractivity contribution in [2.24, 2.45) is 0 Å². The van der Waals surface area contributed by atoms with E-state index in [2.05, 4.69) is 9.88 Å². The molecule has 1 aromatic heterocycles. The molecule has 1 fully saturated rings. The molecule has 0 saturated carbocycles. The van der Waals surface area contributed by atoms with E-state index in [0.29, 0.717) is 24.5 Å². The summed E-state index contributed by atoms with van der Waals surface area (Å²) < 4.78 is 39.4. The molecule has 0 spiro atoms. The quantitative estimate of drug-likeness (QED) is 0.681. The lowest BCUT2D eigenvalue weighted by atomic mass is 9.94. The van der Waals surface area contributed by atoms with Gasteiger partial charge in [-0.25, -0.2) is 12.8 Å². The van der Waals surface area contributed by atoms with Crippen molar-refractivity contribution in [2.45, 2.75) is 22.6 Å². The fourth-order valence-corrected chi connectivity index (χ4v) is 6.62. The minimum atomic E-state index is -3.33.